The van der Waals surface area contributed by atoms with E-state index >= 15 is 0 Å². The van der Waals surface area contributed by atoms with Gasteiger partial charge >= 0.3 is 6.18 Å². The number of benzene rings is 1. The molecule has 1 unspecified atom stereocenters. The molecule has 1 aromatic carbocycles. The van der Waals surface area contributed by atoms with E-state index in [1.165, 1.54) is 18.9 Å². The number of hydrogen-bond acceptors (Lipinski definition) is 2. The molecule has 0 aliphatic heterocycles. The summed E-state index contributed by atoms with van der Waals surface area (Å²) in [7, 11) is 0. The predicted molar refractivity (Wildman–Crippen MR) is 78.1 cm³/mol. The van der Waals surface area contributed by atoms with Gasteiger partial charge in [0.05, 0.1) is 5.56 Å². The highest BCUT2D eigenvalue weighted by Crippen LogP contribution is 2.34. The fraction of sp³-hybridized carbons (Fsp3) is 0.625. The Hall–Kier alpha value is -1.07. The normalized spacial score (nSPS) is 17.2. The van der Waals surface area contributed by atoms with Crippen LogP contribution < -0.4 is 5.32 Å². The largest absolute Gasteiger partial charge is 0.416 e. The standard InChI is InChI=1S/C16H23F3N2/c1-3-21(13-8-9-13)11-10-20-12(2)14-6-4-5-7-15(14)16(17,18)19/h4-7,12-13,20H,3,8-11H2,1-2H3. The van der Waals surface area contributed by atoms with Gasteiger partial charge in [0.2, 0.25) is 0 Å². The Labute approximate surface area is 124 Å². The molecule has 0 aromatic heterocycles. The van der Waals surface area contributed by atoms with E-state index in [9.17, 15) is 13.2 Å². The molecule has 0 heterocycles. The van der Waals surface area contributed by atoms with E-state index in [4.69, 9.17) is 0 Å². The van der Waals surface area contributed by atoms with Crippen LogP contribution in [-0.4, -0.2) is 30.6 Å². The van der Waals surface area contributed by atoms with Crippen LogP contribution in [0.2, 0.25) is 0 Å². The van der Waals surface area contributed by atoms with Crippen LogP contribution in [0.15, 0.2) is 24.3 Å². The van der Waals surface area contributed by atoms with Crippen molar-refractivity contribution in [3.63, 3.8) is 0 Å². The van der Waals surface area contributed by atoms with Crippen molar-refractivity contribution in [2.24, 2.45) is 0 Å². The topological polar surface area (TPSA) is 15.3 Å². The molecule has 1 aliphatic carbocycles. The zero-order valence-electron chi connectivity index (χ0n) is 12.6. The van der Waals surface area contributed by atoms with E-state index in [2.05, 4.69) is 17.1 Å². The summed E-state index contributed by atoms with van der Waals surface area (Å²) in [6.07, 6.45) is -1.80. The number of nitrogens with zero attached hydrogens (tertiary/aromatic N) is 1. The third-order valence-corrected chi connectivity index (χ3v) is 4.05. The van der Waals surface area contributed by atoms with Crippen LogP contribution in [-0.2, 0) is 6.18 Å². The molecule has 21 heavy (non-hydrogen) atoms. The summed E-state index contributed by atoms with van der Waals surface area (Å²) < 4.78 is 39.0. The molecule has 118 valence electrons. The van der Waals surface area contributed by atoms with Crippen molar-refractivity contribution in [3.05, 3.63) is 35.4 Å². The number of nitrogens with one attached hydrogen (secondary N) is 1. The first-order valence-electron chi connectivity index (χ1n) is 7.57. The quantitative estimate of drug-likeness (QED) is 0.823. The molecule has 1 fully saturated rings. The maximum absolute atomic E-state index is 13.0. The van der Waals surface area contributed by atoms with Crippen molar-refractivity contribution in [2.45, 2.75) is 44.9 Å². The first-order chi connectivity index (χ1) is 9.93. The summed E-state index contributed by atoms with van der Waals surface area (Å²) >= 11 is 0. The van der Waals surface area contributed by atoms with Crippen LogP contribution in [0.3, 0.4) is 0 Å². The van der Waals surface area contributed by atoms with Crippen molar-refractivity contribution >= 4 is 0 Å². The highest BCUT2D eigenvalue weighted by atomic mass is 19.4. The first kappa shape index (κ1) is 16.3. The smallest absolute Gasteiger partial charge is 0.309 e. The maximum Gasteiger partial charge on any atom is 0.416 e. The van der Waals surface area contributed by atoms with E-state index in [1.807, 2.05) is 0 Å². The Morgan fingerprint density at radius 3 is 2.52 bits per heavy atom. The number of halogens is 3. The molecule has 0 radical (unpaired) electrons. The van der Waals surface area contributed by atoms with Gasteiger partial charge in [-0.1, -0.05) is 25.1 Å². The molecular formula is C16H23F3N2. The lowest BCUT2D eigenvalue weighted by Gasteiger charge is -2.23. The van der Waals surface area contributed by atoms with Crippen molar-refractivity contribution < 1.29 is 13.2 Å². The highest BCUT2D eigenvalue weighted by molar-refractivity contribution is 5.32. The predicted octanol–water partition coefficient (Wildman–Crippen LogP) is 3.84. The number of hydrogen-bond donors (Lipinski definition) is 1. The molecule has 0 amide bonds. The van der Waals surface area contributed by atoms with Crippen molar-refractivity contribution in [1.29, 1.82) is 0 Å². The third kappa shape index (κ3) is 4.45. The van der Waals surface area contributed by atoms with Crippen LogP contribution in [0.1, 0.15) is 43.9 Å². The molecule has 0 spiro atoms. The van der Waals surface area contributed by atoms with Gasteiger partial charge in [0.1, 0.15) is 0 Å². The van der Waals surface area contributed by atoms with Crippen LogP contribution >= 0.6 is 0 Å². The van der Waals surface area contributed by atoms with E-state index in [0.717, 1.165) is 19.2 Å². The van der Waals surface area contributed by atoms with Gasteiger partial charge < -0.3 is 5.32 Å². The molecule has 5 heteroatoms. The second kappa shape index (κ2) is 6.79. The van der Waals surface area contributed by atoms with Crippen LogP contribution in [0, 0.1) is 0 Å². The minimum Gasteiger partial charge on any atom is -0.309 e. The minimum atomic E-state index is -4.30. The summed E-state index contributed by atoms with van der Waals surface area (Å²) in [6, 6.07) is 6.18. The molecule has 1 atom stereocenters. The van der Waals surface area contributed by atoms with Gasteiger partial charge in [-0.15, -0.1) is 0 Å². The van der Waals surface area contributed by atoms with Gasteiger partial charge in [-0.25, -0.2) is 0 Å². The molecule has 1 saturated carbocycles. The summed E-state index contributed by atoms with van der Waals surface area (Å²) in [5.74, 6) is 0. The zero-order chi connectivity index (χ0) is 15.5. The summed E-state index contributed by atoms with van der Waals surface area (Å²) in [6.45, 7) is 6.51. The number of rotatable bonds is 7. The lowest BCUT2D eigenvalue weighted by molar-refractivity contribution is -0.138. The summed E-state index contributed by atoms with van der Waals surface area (Å²) in [5, 5.41) is 3.22. The summed E-state index contributed by atoms with van der Waals surface area (Å²) in [5.41, 5.74) is -0.223. The second-order valence-electron chi connectivity index (χ2n) is 5.62. The molecule has 2 rings (SSSR count). The van der Waals surface area contributed by atoms with Crippen LogP contribution in [0.25, 0.3) is 0 Å². The van der Waals surface area contributed by atoms with E-state index in [-0.39, 0.29) is 6.04 Å². The van der Waals surface area contributed by atoms with Gasteiger partial charge in [-0.2, -0.15) is 13.2 Å². The Morgan fingerprint density at radius 1 is 1.29 bits per heavy atom. The number of alkyl halides is 3. The average Bonchev–Trinajstić information content (AvgIpc) is 3.27. The van der Waals surface area contributed by atoms with Crippen LogP contribution in [0.4, 0.5) is 13.2 Å². The van der Waals surface area contributed by atoms with Crippen LogP contribution in [0.5, 0.6) is 0 Å². The molecule has 0 bridgehead atoms. The Morgan fingerprint density at radius 2 is 1.95 bits per heavy atom. The monoisotopic (exact) mass is 300 g/mol. The van der Waals surface area contributed by atoms with E-state index < -0.39 is 11.7 Å². The Bertz CT molecular complexity index is 455. The Kier molecular flexibility index (Phi) is 5.27. The minimum absolute atomic E-state index is 0.305. The van der Waals surface area contributed by atoms with Gasteiger partial charge in [-0.05, 0) is 37.9 Å². The maximum atomic E-state index is 13.0. The molecule has 2 nitrogen and oxygen atoms in total. The molecule has 0 saturated heterocycles. The van der Waals surface area contributed by atoms with E-state index in [0.29, 0.717) is 18.2 Å². The van der Waals surface area contributed by atoms with Crippen molar-refractivity contribution in [3.8, 4) is 0 Å². The molecule has 1 aromatic rings. The van der Waals surface area contributed by atoms with Crippen molar-refractivity contribution in [2.75, 3.05) is 19.6 Å². The lowest BCUT2D eigenvalue weighted by atomic mass is 10.0. The third-order valence-electron chi connectivity index (χ3n) is 4.05. The fourth-order valence-corrected chi connectivity index (χ4v) is 2.71. The van der Waals surface area contributed by atoms with E-state index in [1.54, 1.807) is 19.1 Å². The lowest BCUT2D eigenvalue weighted by Crippen LogP contribution is -2.34. The van der Waals surface area contributed by atoms with Gasteiger partial charge in [0, 0.05) is 25.2 Å². The zero-order valence-corrected chi connectivity index (χ0v) is 12.6. The van der Waals surface area contributed by atoms with Gasteiger partial charge in [-0.3, -0.25) is 4.90 Å². The van der Waals surface area contributed by atoms with Gasteiger partial charge in [0.25, 0.3) is 0 Å². The van der Waals surface area contributed by atoms with Crippen molar-refractivity contribution in [1.82, 2.24) is 10.2 Å². The SMILES string of the molecule is CCN(CCNC(C)c1ccccc1C(F)(F)F)C1CC1. The fourth-order valence-electron chi connectivity index (χ4n) is 2.71. The molecule has 1 N–H and O–H groups in total. The molecular weight excluding hydrogens is 277 g/mol. The first-order valence-corrected chi connectivity index (χ1v) is 7.57. The average molecular weight is 300 g/mol. The van der Waals surface area contributed by atoms with Gasteiger partial charge in [0.15, 0.2) is 0 Å². The number of likely N-dealkylation sites (N-methyl/N-ethyl adjacent to an activating group) is 1. The molecule has 1 aliphatic rings. The Balaban J connectivity index is 1.92. The second-order valence-corrected chi connectivity index (χ2v) is 5.62. The summed E-state index contributed by atoms with van der Waals surface area (Å²) in [4.78, 5) is 2.38. The highest BCUT2D eigenvalue weighted by Gasteiger charge is 2.34.